The van der Waals surface area contributed by atoms with Gasteiger partial charge in [0.2, 0.25) is 11.5 Å². The number of phenols is 4. The summed E-state index contributed by atoms with van der Waals surface area (Å²) in [5, 5.41) is 49.5. The van der Waals surface area contributed by atoms with Crippen LogP contribution >= 0.6 is 0 Å². The van der Waals surface area contributed by atoms with Gasteiger partial charge in [-0.2, -0.15) is 0 Å². The van der Waals surface area contributed by atoms with Crippen molar-refractivity contribution >= 4 is 5.97 Å². The monoisotopic (exact) mass is 450 g/mol. The lowest BCUT2D eigenvalue weighted by Crippen LogP contribution is -2.24. The Bertz CT molecular complexity index is 926. The highest BCUT2D eigenvalue weighted by Gasteiger charge is 2.19. The molecule has 0 radical (unpaired) electrons. The van der Waals surface area contributed by atoms with Crippen molar-refractivity contribution < 1.29 is 44.5 Å². The van der Waals surface area contributed by atoms with E-state index in [-0.39, 0.29) is 40.9 Å². The molecule has 9 nitrogen and oxygen atoms in total. The van der Waals surface area contributed by atoms with E-state index in [0.717, 1.165) is 0 Å². The van der Waals surface area contributed by atoms with E-state index in [4.69, 9.17) is 14.2 Å². The Morgan fingerprint density at radius 2 is 1.31 bits per heavy atom. The summed E-state index contributed by atoms with van der Waals surface area (Å²) in [5.74, 6) is -1.50. The molecule has 0 saturated heterocycles. The highest BCUT2D eigenvalue weighted by Crippen LogP contribution is 2.37. The van der Waals surface area contributed by atoms with Gasteiger partial charge in [-0.1, -0.05) is 0 Å². The minimum absolute atomic E-state index is 0.136. The van der Waals surface area contributed by atoms with Gasteiger partial charge in [0.1, 0.15) is 6.10 Å². The lowest BCUT2D eigenvalue weighted by atomic mass is 9.98. The number of methoxy groups -OCH3 is 2. The number of hydrogen-bond acceptors (Lipinski definition) is 9. The lowest BCUT2D eigenvalue weighted by molar-refractivity contribution is -0.148. The minimum Gasteiger partial charge on any atom is -0.504 e. The molecule has 2 atom stereocenters. The molecule has 0 heterocycles. The van der Waals surface area contributed by atoms with Gasteiger partial charge in [0.15, 0.2) is 23.0 Å². The van der Waals surface area contributed by atoms with E-state index in [1.54, 1.807) is 12.1 Å². The SMILES string of the molecule is COc1cc(CCC(O)CC(CCc2cc(O)c(O)c(OC)c2)OC(C)=O)cc(O)c1O. The van der Waals surface area contributed by atoms with Gasteiger partial charge in [-0.15, -0.1) is 0 Å². The summed E-state index contributed by atoms with van der Waals surface area (Å²) in [5.41, 5.74) is 1.35. The first-order valence-electron chi connectivity index (χ1n) is 10.2. The number of benzene rings is 2. The Morgan fingerprint density at radius 1 is 0.844 bits per heavy atom. The van der Waals surface area contributed by atoms with Gasteiger partial charge >= 0.3 is 5.97 Å². The van der Waals surface area contributed by atoms with Crippen LogP contribution < -0.4 is 9.47 Å². The zero-order valence-corrected chi connectivity index (χ0v) is 18.4. The number of carbonyl (C=O) groups is 1. The number of rotatable bonds is 11. The molecule has 0 bridgehead atoms. The van der Waals surface area contributed by atoms with Gasteiger partial charge in [-0.05, 0) is 61.1 Å². The van der Waals surface area contributed by atoms with Crippen molar-refractivity contribution in [2.45, 2.75) is 51.2 Å². The second-order valence-electron chi connectivity index (χ2n) is 7.53. The van der Waals surface area contributed by atoms with Crippen LogP contribution in [0.5, 0.6) is 34.5 Å². The topological polar surface area (TPSA) is 146 Å². The Kier molecular flexibility index (Phi) is 8.83. The van der Waals surface area contributed by atoms with Crippen LogP contribution in [0.4, 0.5) is 0 Å². The summed E-state index contributed by atoms with van der Waals surface area (Å²) >= 11 is 0. The van der Waals surface area contributed by atoms with E-state index >= 15 is 0 Å². The fourth-order valence-electron chi connectivity index (χ4n) is 3.44. The second kappa shape index (κ2) is 11.3. The number of esters is 1. The molecule has 0 saturated carbocycles. The molecule has 2 aromatic rings. The molecule has 0 aliphatic rings. The van der Waals surface area contributed by atoms with Crippen LogP contribution in [0.15, 0.2) is 24.3 Å². The second-order valence-corrected chi connectivity index (χ2v) is 7.53. The van der Waals surface area contributed by atoms with Crippen LogP contribution in [-0.4, -0.2) is 57.9 Å². The highest BCUT2D eigenvalue weighted by atomic mass is 16.5. The number of aliphatic hydroxyl groups is 1. The fraction of sp³-hybridized carbons (Fsp3) is 0.435. The van der Waals surface area contributed by atoms with E-state index in [2.05, 4.69) is 0 Å². The van der Waals surface area contributed by atoms with Crippen LogP contribution in [0.2, 0.25) is 0 Å². The Morgan fingerprint density at radius 3 is 1.75 bits per heavy atom. The molecule has 2 unspecified atom stereocenters. The summed E-state index contributed by atoms with van der Waals surface area (Å²) in [6.07, 6.45) is 0.383. The summed E-state index contributed by atoms with van der Waals surface area (Å²) in [7, 11) is 2.75. The van der Waals surface area contributed by atoms with Gasteiger partial charge in [0.05, 0.1) is 20.3 Å². The molecule has 2 rings (SSSR count). The molecule has 0 aromatic heterocycles. The Labute approximate surface area is 186 Å². The number of hydrogen-bond donors (Lipinski definition) is 5. The molecule has 9 heteroatoms. The van der Waals surface area contributed by atoms with Crippen molar-refractivity contribution in [3.05, 3.63) is 35.4 Å². The van der Waals surface area contributed by atoms with Crippen molar-refractivity contribution in [3.63, 3.8) is 0 Å². The molecule has 176 valence electrons. The maximum absolute atomic E-state index is 11.5. The first-order valence-corrected chi connectivity index (χ1v) is 10.2. The normalized spacial score (nSPS) is 12.8. The maximum atomic E-state index is 11.5. The van der Waals surface area contributed by atoms with Gasteiger partial charge in [-0.25, -0.2) is 0 Å². The predicted octanol–water partition coefficient (Wildman–Crippen LogP) is 2.77. The van der Waals surface area contributed by atoms with E-state index in [1.807, 2.05) is 0 Å². The molecule has 2 aromatic carbocycles. The van der Waals surface area contributed by atoms with Crippen LogP contribution in [0.25, 0.3) is 0 Å². The van der Waals surface area contributed by atoms with Gasteiger partial charge < -0.3 is 39.7 Å². The number of aryl methyl sites for hydroxylation is 2. The molecular formula is C23H30O9. The van der Waals surface area contributed by atoms with Crippen LogP contribution in [0, 0.1) is 0 Å². The maximum Gasteiger partial charge on any atom is 0.302 e. The number of carbonyl (C=O) groups excluding carboxylic acids is 1. The average Bonchev–Trinajstić information content (AvgIpc) is 2.74. The third-order valence-electron chi connectivity index (χ3n) is 5.06. The zero-order valence-electron chi connectivity index (χ0n) is 18.4. The smallest absolute Gasteiger partial charge is 0.302 e. The molecule has 0 aliphatic heterocycles. The highest BCUT2D eigenvalue weighted by molar-refractivity contribution is 5.66. The van der Waals surface area contributed by atoms with Crippen molar-refractivity contribution in [1.82, 2.24) is 0 Å². The minimum atomic E-state index is -0.788. The van der Waals surface area contributed by atoms with Crippen molar-refractivity contribution in [3.8, 4) is 34.5 Å². The molecule has 0 aliphatic carbocycles. The summed E-state index contributed by atoms with van der Waals surface area (Å²) in [4.78, 5) is 11.5. The quantitative estimate of drug-likeness (QED) is 0.258. The molecular weight excluding hydrogens is 420 g/mol. The third kappa shape index (κ3) is 6.84. The van der Waals surface area contributed by atoms with Crippen LogP contribution in [-0.2, 0) is 22.4 Å². The molecule has 0 spiro atoms. The number of aliphatic hydroxyl groups excluding tert-OH is 1. The number of aromatic hydroxyl groups is 4. The molecule has 32 heavy (non-hydrogen) atoms. The van der Waals surface area contributed by atoms with E-state index in [1.165, 1.54) is 33.3 Å². The molecule has 0 amide bonds. The van der Waals surface area contributed by atoms with E-state index in [0.29, 0.717) is 36.8 Å². The zero-order chi connectivity index (χ0) is 23.8. The fourth-order valence-corrected chi connectivity index (χ4v) is 3.44. The lowest BCUT2D eigenvalue weighted by Gasteiger charge is -2.21. The van der Waals surface area contributed by atoms with Crippen molar-refractivity contribution in [1.29, 1.82) is 0 Å². The Balaban J connectivity index is 1.99. The predicted molar refractivity (Wildman–Crippen MR) is 115 cm³/mol. The van der Waals surface area contributed by atoms with Crippen molar-refractivity contribution in [2.24, 2.45) is 0 Å². The first kappa shape index (κ1) is 24.9. The standard InChI is InChI=1S/C23H30O9/c1-13(24)32-17(7-5-15-9-19(27)23(29)21(11-15)31-3)12-16(25)6-4-14-8-18(26)22(28)20(10-14)30-2/h8-11,16-17,25-29H,4-7,12H2,1-3H3. The number of phenolic OH excluding ortho intramolecular Hbond substituents is 4. The van der Waals surface area contributed by atoms with Gasteiger partial charge in [0, 0.05) is 13.3 Å². The Hall–Kier alpha value is -3.33. The van der Waals surface area contributed by atoms with E-state index < -0.39 is 18.2 Å². The molecule has 0 fully saturated rings. The summed E-state index contributed by atoms with van der Waals surface area (Å²) in [6, 6.07) is 5.97. The molecule has 5 N–H and O–H groups in total. The first-order chi connectivity index (χ1) is 15.1. The van der Waals surface area contributed by atoms with Gasteiger partial charge in [0.25, 0.3) is 0 Å². The average molecular weight is 450 g/mol. The summed E-state index contributed by atoms with van der Waals surface area (Å²) in [6.45, 7) is 1.29. The van der Waals surface area contributed by atoms with Gasteiger partial charge in [-0.3, -0.25) is 4.79 Å². The van der Waals surface area contributed by atoms with E-state index in [9.17, 15) is 30.3 Å². The largest absolute Gasteiger partial charge is 0.504 e. The number of ether oxygens (including phenoxy) is 3. The van der Waals surface area contributed by atoms with Crippen molar-refractivity contribution in [2.75, 3.05) is 14.2 Å². The third-order valence-corrected chi connectivity index (χ3v) is 5.06. The van der Waals surface area contributed by atoms with Crippen LogP contribution in [0.3, 0.4) is 0 Å². The summed E-state index contributed by atoms with van der Waals surface area (Å²) < 4.78 is 15.4. The van der Waals surface area contributed by atoms with Crippen LogP contribution in [0.1, 0.15) is 37.3 Å².